The molecule has 0 aliphatic heterocycles. The van der Waals surface area contributed by atoms with Gasteiger partial charge in [-0.15, -0.1) is 0 Å². The van der Waals surface area contributed by atoms with Gasteiger partial charge in [0.25, 0.3) is 0 Å². The molecule has 3 aromatic rings. The van der Waals surface area contributed by atoms with E-state index in [0.29, 0.717) is 16.7 Å². The lowest BCUT2D eigenvalue weighted by atomic mass is 10.1. The minimum atomic E-state index is -4.06. The quantitative estimate of drug-likeness (QED) is 0.367. The van der Waals surface area contributed by atoms with E-state index < -0.39 is 15.9 Å². The van der Waals surface area contributed by atoms with E-state index in [2.05, 4.69) is 5.32 Å². The molecule has 0 radical (unpaired) electrons. The Hall–Kier alpha value is -3.49. The number of primary sulfonamides is 1. The highest BCUT2D eigenvalue weighted by Gasteiger charge is 2.17. The summed E-state index contributed by atoms with van der Waals surface area (Å²) in [7, 11) is -4.06. The van der Waals surface area contributed by atoms with E-state index in [1.165, 1.54) is 12.1 Å². The van der Waals surface area contributed by atoms with Crippen LogP contribution in [0.2, 0.25) is 0 Å². The molecule has 0 heterocycles. The molecule has 3 aromatic carbocycles. The molecule has 8 heteroatoms. The van der Waals surface area contributed by atoms with E-state index in [1.54, 1.807) is 30.3 Å². The summed E-state index contributed by atoms with van der Waals surface area (Å²) in [5.41, 5.74) is 8.23. The van der Waals surface area contributed by atoms with Crippen molar-refractivity contribution >= 4 is 27.5 Å². The zero-order valence-corrected chi connectivity index (χ0v) is 16.2. The summed E-state index contributed by atoms with van der Waals surface area (Å²) in [6, 6.07) is 20.7. The minimum absolute atomic E-state index is 0.00832. The lowest BCUT2D eigenvalue weighted by Gasteiger charge is -2.12. The van der Waals surface area contributed by atoms with Crippen LogP contribution in [0.25, 0.3) is 11.1 Å². The summed E-state index contributed by atoms with van der Waals surface area (Å²) in [5.74, 6) is -0.511. The van der Waals surface area contributed by atoms with Gasteiger partial charge in [-0.1, -0.05) is 54.6 Å². The molecule has 6 N–H and O–H groups in total. The fourth-order valence-corrected chi connectivity index (χ4v) is 3.62. The number of sulfonamides is 1. The van der Waals surface area contributed by atoms with Crippen LogP contribution < -0.4 is 16.2 Å². The first-order valence-corrected chi connectivity index (χ1v) is 10.2. The Morgan fingerprint density at radius 3 is 2.31 bits per heavy atom. The van der Waals surface area contributed by atoms with Crippen LogP contribution in [0.15, 0.2) is 77.7 Å². The smallest absolute Gasteiger partial charge is 0.240 e. The number of rotatable bonds is 6. The van der Waals surface area contributed by atoms with Gasteiger partial charge in [-0.25, -0.2) is 13.6 Å². The molecular formula is C21H20N4O3S. The zero-order chi connectivity index (χ0) is 21.0. The minimum Gasteiger partial charge on any atom is -0.384 e. The van der Waals surface area contributed by atoms with Crippen molar-refractivity contribution in [3.63, 3.8) is 0 Å². The summed E-state index contributed by atoms with van der Waals surface area (Å²) >= 11 is 0. The molecule has 0 aliphatic carbocycles. The third-order valence-corrected chi connectivity index (χ3v) is 5.22. The highest BCUT2D eigenvalue weighted by atomic mass is 32.2. The fraction of sp³-hybridized carbons (Fsp3) is 0.0476. The SMILES string of the molecule is N=C(N)c1cccc(CC(=O)Nc2ccc(-c3ccccc3)cc2S(N)(=O)=O)c1. The number of carbonyl (C=O) groups is 1. The largest absolute Gasteiger partial charge is 0.384 e. The third-order valence-electron chi connectivity index (χ3n) is 4.27. The number of anilines is 1. The maximum atomic E-state index is 12.5. The first kappa shape index (κ1) is 20.2. The topological polar surface area (TPSA) is 139 Å². The van der Waals surface area contributed by atoms with Crippen LogP contribution >= 0.6 is 0 Å². The maximum Gasteiger partial charge on any atom is 0.240 e. The molecule has 0 bridgehead atoms. The molecule has 0 saturated carbocycles. The lowest BCUT2D eigenvalue weighted by molar-refractivity contribution is -0.115. The van der Waals surface area contributed by atoms with Crippen molar-refractivity contribution in [1.82, 2.24) is 0 Å². The predicted molar refractivity (Wildman–Crippen MR) is 113 cm³/mol. The number of benzene rings is 3. The van der Waals surface area contributed by atoms with Gasteiger partial charge in [0.1, 0.15) is 10.7 Å². The van der Waals surface area contributed by atoms with Crippen LogP contribution in [0.4, 0.5) is 5.69 Å². The average molecular weight is 408 g/mol. The van der Waals surface area contributed by atoms with E-state index in [9.17, 15) is 13.2 Å². The fourth-order valence-electron chi connectivity index (χ4n) is 2.90. The standard InChI is InChI=1S/C21H20N4O3S/c22-21(23)17-8-4-5-14(11-17)12-20(26)25-18-10-9-16(13-19(18)29(24,27)28)15-6-2-1-3-7-15/h1-11,13H,12H2,(H3,22,23)(H,25,26)(H2,24,27,28). The molecule has 0 unspecified atom stereocenters. The molecule has 7 nitrogen and oxygen atoms in total. The van der Waals surface area contributed by atoms with Crippen LogP contribution in [-0.2, 0) is 21.2 Å². The van der Waals surface area contributed by atoms with Gasteiger partial charge in [0.15, 0.2) is 0 Å². The number of hydrogen-bond donors (Lipinski definition) is 4. The van der Waals surface area contributed by atoms with Crippen LogP contribution in [0.5, 0.6) is 0 Å². The molecule has 29 heavy (non-hydrogen) atoms. The molecule has 0 fully saturated rings. The van der Waals surface area contributed by atoms with Crippen molar-refractivity contribution in [3.05, 3.63) is 83.9 Å². The Labute approximate surface area is 168 Å². The van der Waals surface area contributed by atoms with Gasteiger partial charge < -0.3 is 11.1 Å². The molecule has 0 aromatic heterocycles. The molecule has 148 valence electrons. The molecule has 0 saturated heterocycles. The van der Waals surface area contributed by atoms with Crippen molar-refractivity contribution in [2.45, 2.75) is 11.3 Å². The average Bonchev–Trinajstić information content (AvgIpc) is 2.68. The van der Waals surface area contributed by atoms with Crippen LogP contribution in [0, 0.1) is 5.41 Å². The number of nitrogens with two attached hydrogens (primary N) is 2. The molecule has 0 spiro atoms. The van der Waals surface area contributed by atoms with Crippen molar-refractivity contribution in [1.29, 1.82) is 5.41 Å². The lowest BCUT2D eigenvalue weighted by Crippen LogP contribution is -2.20. The number of amides is 1. The third kappa shape index (κ3) is 5.07. The molecule has 1 amide bonds. The van der Waals surface area contributed by atoms with E-state index in [1.807, 2.05) is 30.3 Å². The van der Waals surface area contributed by atoms with E-state index in [-0.39, 0.29) is 22.8 Å². The summed E-state index contributed by atoms with van der Waals surface area (Å²) in [4.78, 5) is 12.3. The number of hydrogen-bond acceptors (Lipinski definition) is 4. The number of carbonyl (C=O) groups excluding carboxylic acids is 1. The Balaban J connectivity index is 1.87. The van der Waals surface area contributed by atoms with E-state index in [4.69, 9.17) is 16.3 Å². The van der Waals surface area contributed by atoms with Gasteiger partial charge in [-0.2, -0.15) is 0 Å². The molecule has 0 aliphatic rings. The van der Waals surface area contributed by atoms with Gasteiger partial charge in [-0.05, 0) is 34.9 Å². The van der Waals surface area contributed by atoms with Crippen molar-refractivity contribution in [3.8, 4) is 11.1 Å². The van der Waals surface area contributed by atoms with Gasteiger partial charge in [0.05, 0.1) is 12.1 Å². The second-order valence-electron chi connectivity index (χ2n) is 6.46. The monoisotopic (exact) mass is 408 g/mol. The normalized spacial score (nSPS) is 11.1. The van der Waals surface area contributed by atoms with Crippen molar-refractivity contribution in [2.75, 3.05) is 5.32 Å². The Kier molecular flexibility index (Phi) is 5.76. The van der Waals surface area contributed by atoms with E-state index >= 15 is 0 Å². The number of amidine groups is 1. The summed E-state index contributed by atoms with van der Waals surface area (Å²) in [5, 5.41) is 15.5. The second-order valence-corrected chi connectivity index (χ2v) is 7.99. The Bertz CT molecular complexity index is 1180. The first-order valence-electron chi connectivity index (χ1n) is 8.69. The highest BCUT2D eigenvalue weighted by Crippen LogP contribution is 2.28. The zero-order valence-electron chi connectivity index (χ0n) is 15.4. The van der Waals surface area contributed by atoms with Crippen molar-refractivity contribution < 1.29 is 13.2 Å². The van der Waals surface area contributed by atoms with E-state index in [0.717, 1.165) is 5.56 Å². The van der Waals surface area contributed by atoms with Gasteiger partial charge >= 0.3 is 0 Å². The Morgan fingerprint density at radius 1 is 0.931 bits per heavy atom. The second kappa shape index (κ2) is 8.26. The Morgan fingerprint density at radius 2 is 1.66 bits per heavy atom. The summed E-state index contributed by atoms with van der Waals surface area (Å²) in [6.07, 6.45) is -0.00832. The highest BCUT2D eigenvalue weighted by molar-refractivity contribution is 7.89. The molecule has 3 rings (SSSR count). The van der Waals surface area contributed by atoms with Crippen LogP contribution in [-0.4, -0.2) is 20.2 Å². The number of nitrogen functional groups attached to an aromatic ring is 1. The number of nitrogens with one attached hydrogen (secondary N) is 2. The summed E-state index contributed by atoms with van der Waals surface area (Å²) in [6.45, 7) is 0. The van der Waals surface area contributed by atoms with Crippen molar-refractivity contribution in [2.24, 2.45) is 10.9 Å². The summed E-state index contributed by atoms with van der Waals surface area (Å²) < 4.78 is 24.2. The first-order chi connectivity index (χ1) is 13.7. The molecular weight excluding hydrogens is 388 g/mol. The van der Waals surface area contributed by atoms with Crippen LogP contribution in [0.3, 0.4) is 0 Å². The van der Waals surface area contributed by atoms with Gasteiger partial charge in [0.2, 0.25) is 15.9 Å². The van der Waals surface area contributed by atoms with Crippen LogP contribution in [0.1, 0.15) is 11.1 Å². The van der Waals surface area contributed by atoms with Gasteiger partial charge in [-0.3, -0.25) is 10.2 Å². The van der Waals surface area contributed by atoms with Gasteiger partial charge in [0, 0.05) is 5.56 Å². The maximum absolute atomic E-state index is 12.5. The predicted octanol–water partition coefficient (Wildman–Crippen LogP) is 2.47. The molecule has 0 atom stereocenters.